The first-order chi connectivity index (χ1) is 15.1. The van der Waals surface area contributed by atoms with E-state index < -0.39 is 0 Å². The molecule has 32 heavy (non-hydrogen) atoms. The van der Waals surface area contributed by atoms with Crippen molar-refractivity contribution in [1.82, 2.24) is 15.8 Å². The second kappa shape index (κ2) is 13.0. The number of halogens is 1. The van der Waals surface area contributed by atoms with Gasteiger partial charge in [-0.1, -0.05) is 31.1 Å². The number of hydrogen-bond donors (Lipinski definition) is 2. The third-order valence-electron chi connectivity index (χ3n) is 6.38. The molecule has 1 aliphatic rings. The smallest absolute Gasteiger partial charge is 0.191 e. The van der Waals surface area contributed by atoms with Crippen LogP contribution in [0.25, 0.3) is 0 Å². The Labute approximate surface area is 208 Å². The van der Waals surface area contributed by atoms with Crippen molar-refractivity contribution in [3.05, 3.63) is 47.3 Å². The SMILES string of the molecule is CCC(CC)c1cc(CNC(=NC)NCC2(c3ccc(OC)cc3)CCOCC2)on1.I. The maximum absolute atomic E-state index is 5.65. The average molecular weight is 556 g/mol. The van der Waals surface area contributed by atoms with Gasteiger partial charge in [0.05, 0.1) is 19.3 Å². The zero-order valence-corrected chi connectivity index (χ0v) is 22.0. The molecular weight excluding hydrogens is 519 g/mol. The van der Waals surface area contributed by atoms with Crippen molar-refractivity contribution < 1.29 is 14.0 Å². The molecule has 0 atom stereocenters. The molecule has 1 aromatic heterocycles. The summed E-state index contributed by atoms with van der Waals surface area (Å²) in [5.41, 5.74) is 2.33. The third kappa shape index (κ3) is 6.60. The van der Waals surface area contributed by atoms with E-state index in [1.54, 1.807) is 14.2 Å². The van der Waals surface area contributed by atoms with Crippen molar-refractivity contribution >= 4 is 29.9 Å². The summed E-state index contributed by atoms with van der Waals surface area (Å²) in [5.74, 6) is 2.89. The summed E-state index contributed by atoms with van der Waals surface area (Å²) in [5, 5.41) is 11.1. The number of nitrogens with zero attached hydrogens (tertiary/aromatic N) is 2. The minimum absolute atomic E-state index is 0. The van der Waals surface area contributed by atoms with Crippen molar-refractivity contribution in [3.63, 3.8) is 0 Å². The van der Waals surface area contributed by atoms with Gasteiger partial charge in [-0.05, 0) is 43.4 Å². The van der Waals surface area contributed by atoms with Crippen molar-refractivity contribution in [1.29, 1.82) is 0 Å². The maximum Gasteiger partial charge on any atom is 0.191 e. The molecule has 1 saturated heterocycles. The molecule has 1 fully saturated rings. The Hall–Kier alpha value is -1.81. The van der Waals surface area contributed by atoms with Crippen LogP contribution in [0.5, 0.6) is 5.75 Å². The Morgan fingerprint density at radius 3 is 2.44 bits per heavy atom. The number of hydrogen-bond acceptors (Lipinski definition) is 5. The molecule has 0 bridgehead atoms. The summed E-state index contributed by atoms with van der Waals surface area (Å²) in [7, 11) is 3.48. The normalized spacial score (nSPS) is 15.8. The molecule has 3 rings (SSSR count). The van der Waals surface area contributed by atoms with E-state index >= 15 is 0 Å². The number of benzene rings is 1. The summed E-state index contributed by atoms with van der Waals surface area (Å²) < 4.78 is 16.5. The van der Waals surface area contributed by atoms with Crippen LogP contribution in [-0.2, 0) is 16.7 Å². The molecular formula is C24H37IN4O3. The average Bonchev–Trinajstić information content (AvgIpc) is 3.29. The number of nitrogens with one attached hydrogen (secondary N) is 2. The molecule has 178 valence electrons. The quantitative estimate of drug-likeness (QED) is 0.267. The summed E-state index contributed by atoms with van der Waals surface area (Å²) in [6, 6.07) is 10.4. The fourth-order valence-corrected chi connectivity index (χ4v) is 4.23. The predicted octanol–water partition coefficient (Wildman–Crippen LogP) is 4.62. The molecule has 0 amide bonds. The molecule has 0 radical (unpaired) electrons. The van der Waals surface area contributed by atoms with Crippen LogP contribution in [0, 0.1) is 0 Å². The van der Waals surface area contributed by atoms with Gasteiger partial charge in [0.25, 0.3) is 0 Å². The lowest BCUT2D eigenvalue weighted by atomic mass is 9.74. The van der Waals surface area contributed by atoms with Crippen molar-refractivity contribution in [2.75, 3.05) is 33.9 Å². The Kier molecular flexibility index (Phi) is 10.8. The summed E-state index contributed by atoms with van der Waals surface area (Å²) in [6.45, 7) is 7.21. The lowest BCUT2D eigenvalue weighted by Gasteiger charge is -2.38. The van der Waals surface area contributed by atoms with Crippen LogP contribution < -0.4 is 15.4 Å². The first-order valence-corrected chi connectivity index (χ1v) is 11.3. The maximum atomic E-state index is 5.65. The fraction of sp³-hybridized carbons (Fsp3) is 0.583. The number of aliphatic imine (C=N–C) groups is 1. The molecule has 2 aromatic rings. The van der Waals surface area contributed by atoms with Crippen LogP contribution in [0.2, 0.25) is 0 Å². The van der Waals surface area contributed by atoms with Gasteiger partial charge < -0.3 is 24.6 Å². The van der Waals surface area contributed by atoms with Crippen LogP contribution in [0.15, 0.2) is 39.8 Å². The summed E-state index contributed by atoms with van der Waals surface area (Å²) in [6.07, 6.45) is 4.06. The standard InChI is InChI=1S/C24H36N4O3.HI/c1-5-18(6-2)22-15-21(31-28-22)16-26-23(25-3)27-17-24(11-13-30-14-12-24)19-7-9-20(29-4)10-8-19;/h7-10,15,18H,5-6,11-14,16-17H2,1-4H3,(H2,25,26,27);1H. The molecule has 1 aliphatic heterocycles. The van der Waals surface area contributed by atoms with Crippen molar-refractivity contribution in [2.45, 2.75) is 57.4 Å². The molecule has 8 heteroatoms. The summed E-state index contributed by atoms with van der Waals surface area (Å²) in [4.78, 5) is 4.40. The van der Waals surface area contributed by atoms with Gasteiger partial charge in [-0.3, -0.25) is 4.99 Å². The van der Waals surface area contributed by atoms with E-state index in [2.05, 4.69) is 52.8 Å². The Morgan fingerprint density at radius 1 is 1.16 bits per heavy atom. The van der Waals surface area contributed by atoms with Crippen LogP contribution in [0.4, 0.5) is 0 Å². The largest absolute Gasteiger partial charge is 0.497 e. The molecule has 0 spiro atoms. The number of methoxy groups -OCH3 is 1. The zero-order valence-electron chi connectivity index (χ0n) is 19.6. The topological polar surface area (TPSA) is 80.9 Å². The van der Waals surface area contributed by atoms with Gasteiger partial charge in [-0.15, -0.1) is 24.0 Å². The lowest BCUT2D eigenvalue weighted by Crippen LogP contribution is -2.47. The minimum Gasteiger partial charge on any atom is -0.497 e. The molecule has 7 nitrogen and oxygen atoms in total. The van der Waals surface area contributed by atoms with Gasteiger partial charge in [-0.25, -0.2) is 0 Å². The number of guanidine groups is 1. The predicted molar refractivity (Wildman–Crippen MR) is 138 cm³/mol. The number of ether oxygens (including phenoxy) is 2. The van der Waals surface area contributed by atoms with E-state index in [0.29, 0.717) is 12.5 Å². The van der Waals surface area contributed by atoms with E-state index in [0.717, 1.165) is 68.6 Å². The van der Waals surface area contributed by atoms with Gasteiger partial charge in [0, 0.05) is 44.2 Å². The van der Waals surface area contributed by atoms with E-state index in [4.69, 9.17) is 14.0 Å². The highest BCUT2D eigenvalue weighted by Gasteiger charge is 2.34. The molecule has 0 aliphatic carbocycles. The van der Waals surface area contributed by atoms with Crippen LogP contribution in [0.1, 0.15) is 62.5 Å². The zero-order chi connectivity index (χ0) is 22.1. The highest BCUT2D eigenvalue weighted by atomic mass is 127. The summed E-state index contributed by atoms with van der Waals surface area (Å²) >= 11 is 0. The third-order valence-corrected chi connectivity index (χ3v) is 6.38. The Morgan fingerprint density at radius 2 is 1.84 bits per heavy atom. The second-order valence-corrected chi connectivity index (χ2v) is 8.13. The number of rotatable bonds is 9. The van der Waals surface area contributed by atoms with E-state index in [-0.39, 0.29) is 29.4 Å². The highest BCUT2D eigenvalue weighted by molar-refractivity contribution is 14.0. The second-order valence-electron chi connectivity index (χ2n) is 8.13. The highest BCUT2D eigenvalue weighted by Crippen LogP contribution is 2.35. The van der Waals surface area contributed by atoms with Crippen LogP contribution >= 0.6 is 24.0 Å². The first-order valence-electron chi connectivity index (χ1n) is 11.3. The van der Waals surface area contributed by atoms with Crippen molar-refractivity contribution in [3.8, 4) is 5.75 Å². The molecule has 1 aromatic carbocycles. The van der Waals surface area contributed by atoms with E-state index in [1.807, 2.05) is 12.1 Å². The van der Waals surface area contributed by atoms with E-state index in [1.165, 1.54) is 5.56 Å². The minimum atomic E-state index is -0.00295. The molecule has 0 saturated carbocycles. The monoisotopic (exact) mass is 556 g/mol. The first kappa shape index (κ1) is 26.4. The van der Waals surface area contributed by atoms with Crippen LogP contribution in [-0.4, -0.2) is 45.0 Å². The Balaban J connectivity index is 0.00000363. The van der Waals surface area contributed by atoms with Gasteiger partial charge in [-0.2, -0.15) is 0 Å². The molecule has 2 N–H and O–H groups in total. The number of aromatic nitrogens is 1. The van der Waals surface area contributed by atoms with Gasteiger partial charge in [0.15, 0.2) is 11.7 Å². The molecule has 2 heterocycles. The fourth-order valence-electron chi connectivity index (χ4n) is 4.23. The lowest BCUT2D eigenvalue weighted by molar-refractivity contribution is 0.0513. The Bertz CT molecular complexity index is 828. The van der Waals surface area contributed by atoms with Gasteiger partial charge in [0.2, 0.25) is 0 Å². The van der Waals surface area contributed by atoms with E-state index in [9.17, 15) is 0 Å². The van der Waals surface area contributed by atoms with Crippen LogP contribution in [0.3, 0.4) is 0 Å². The van der Waals surface area contributed by atoms with Gasteiger partial charge in [0.1, 0.15) is 5.75 Å². The van der Waals surface area contributed by atoms with Crippen molar-refractivity contribution in [2.24, 2.45) is 4.99 Å². The van der Waals surface area contributed by atoms with Gasteiger partial charge >= 0.3 is 0 Å². The molecule has 0 unspecified atom stereocenters.